The Balaban J connectivity index is 1.69. The molecule has 2 heterocycles. The summed E-state index contributed by atoms with van der Waals surface area (Å²) in [7, 11) is 0. The van der Waals surface area contributed by atoms with E-state index in [1.165, 1.54) is 5.56 Å². The van der Waals surface area contributed by atoms with Gasteiger partial charge in [-0.1, -0.05) is 54.1 Å². The molecule has 0 radical (unpaired) electrons. The van der Waals surface area contributed by atoms with Crippen molar-refractivity contribution in [2.24, 2.45) is 5.10 Å². The number of aryl methyl sites for hydroxylation is 1. The number of carbonyl (C=O) groups excluding carboxylic acids is 1. The van der Waals surface area contributed by atoms with Gasteiger partial charge in [-0.15, -0.1) is 0 Å². The number of pyridine rings is 2. The van der Waals surface area contributed by atoms with Gasteiger partial charge in [0.25, 0.3) is 5.91 Å². The van der Waals surface area contributed by atoms with E-state index in [9.17, 15) is 4.79 Å². The highest BCUT2D eigenvalue weighted by molar-refractivity contribution is 6.07. The number of benzene rings is 2. The van der Waals surface area contributed by atoms with Crippen molar-refractivity contribution >= 4 is 23.0 Å². The number of rotatable bonds is 4. The first-order chi connectivity index (χ1) is 13.7. The fraction of sp³-hybridized carbons (Fsp3) is 0.0435. The van der Waals surface area contributed by atoms with E-state index < -0.39 is 0 Å². The number of hydrogen-bond acceptors (Lipinski definition) is 4. The SMILES string of the molecule is Cc1ccc(-c2cc(C(=O)N/N=C/c3cccnc3)c3ccccc3n2)cc1. The van der Waals surface area contributed by atoms with Gasteiger partial charge < -0.3 is 0 Å². The normalized spacial score (nSPS) is 11.0. The smallest absolute Gasteiger partial charge is 0.267 e. The van der Waals surface area contributed by atoms with E-state index in [0.717, 1.165) is 27.7 Å². The molecule has 0 unspecified atom stereocenters. The first kappa shape index (κ1) is 17.5. The average Bonchev–Trinajstić information content (AvgIpc) is 2.74. The van der Waals surface area contributed by atoms with E-state index in [4.69, 9.17) is 4.98 Å². The Kier molecular flexibility index (Phi) is 4.89. The highest BCUT2D eigenvalue weighted by atomic mass is 16.2. The molecule has 0 atom stereocenters. The fourth-order valence-corrected chi connectivity index (χ4v) is 2.91. The molecular formula is C23H18N4O. The van der Waals surface area contributed by atoms with Crippen LogP contribution in [0.3, 0.4) is 0 Å². The zero-order chi connectivity index (χ0) is 19.3. The molecule has 0 bridgehead atoms. The van der Waals surface area contributed by atoms with Gasteiger partial charge in [-0.25, -0.2) is 10.4 Å². The maximum atomic E-state index is 12.8. The zero-order valence-electron chi connectivity index (χ0n) is 15.3. The maximum Gasteiger partial charge on any atom is 0.272 e. The summed E-state index contributed by atoms with van der Waals surface area (Å²) in [6.07, 6.45) is 4.92. The van der Waals surface area contributed by atoms with Crippen molar-refractivity contribution in [2.45, 2.75) is 6.92 Å². The molecule has 5 nitrogen and oxygen atoms in total. The second-order valence-electron chi connectivity index (χ2n) is 6.42. The molecule has 1 amide bonds. The predicted molar refractivity (Wildman–Crippen MR) is 111 cm³/mol. The summed E-state index contributed by atoms with van der Waals surface area (Å²) >= 11 is 0. The highest BCUT2D eigenvalue weighted by Gasteiger charge is 2.13. The monoisotopic (exact) mass is 366 g/mol. The number of fused-ring (bicyclic) bond motifs is 1. The van der Waals surface area contributed by atoms with Crippen molar-refractivity contribution in [1.82, 2.24) is 15.4 Å². The predicted octanol–water partition coefficient (Wildman–Crippen LogP) is 4.37. The van der Waals surface area contributed by atoms with E-state index in [1.54, 1.807) is 18.6 Å². The Bertz CT molecular complexity index is 1150. The summed E-state index contributed by atoms with van der Waals surface area (Å²) in [6, 6.07) is 21.2. The van der Waals surface area contributed by atoms with Gasteiger partial charge in [-0.3, -0.25) is 9.78 Å². The van der Waals surface area contributed by atoms with Crippen LogP contribution in [-0.2, 0) is 0 Å². The molecule has 4 aromatic rings. The third-order valence-electron chi connectivity index (χ3n) is 4.37. The van der Waals surface area contributed by atoms with Crippen LogP contribution in [0.1, 0.15) is 21.5 Å². The lowest BCUT2D eigenvalue weighted by Gasteiger charge is -2.09. The van der Waals surface area contributed by atoms with Crippen molar-refractivity contribution in [1.29, 1.82) is 0 Å². The summed E-state index contributed by atoms with van der Waals surface area (Å²) in [6.45, 7) is 2.04. The molecule has 0 aliphatic carbocycles. The Hall–Kier alpha value is -3.86. The Labute approximate surface area is 162 Å². The quantitative estimate of drug-likeness (QED) is 0.431. The first-order valence-corrected chi connectivity index (χ1v) is 8.91. The van der Waals surface area contributed by atoms with E-state index in [1.807, 2.05) is 73.7 Å². The van der Waals surface area contributed by atoms with Crippen LogP contribution >= 0.6 is 0 Å². The molecule has 28 heavy (non-hydrogen) atoms. The Morgan fingerprint density at radius 1 is 1.04 bits per heavy atom. The molecule has 0 saturated heterocycles. The minimum Gasteiger partial charge on any atom is -0.267 e. The Morgan fingerprint density at radius 3 is 2.64 bits per heavy atom. The standard InChI is InChI=1S/C23H18N4O/c1-16-8-10-18(11-9-16)22-13-20(19-6-2-3-7-21(19)26-22)23(28)27-25-15-17-5-4-12-24-14-17/h2-15H,1H3,(H,27,28)/b25-15+. The number of carbonyl (C=O) groups is 1. The maximum absolute atomic E-state index is 12.8. The molecule has 5 heteroatoms. The van der Waals surface area contributed by atoms with Crippen molar-refractivity contribution in [3.8, 4) is 11.3 Å². The molecule has 1 N–H and O–H groups in total. The largest absolute Gasteiger partial charge is 0.272 e. The van der Waals surface area contributed by atoms with Crippen molar-refractivity contribution < 1.29 is 4.79 Å². The van der Waals surface area contributed by atoms with Gasteiger partial charge in [0.1, 0.15) is 0 Å². The van der Waals surface area contributed by atoms with Gasteiger partial charge in [0.15, 0.2) is 0 Å². The van der Waals surface area contributed by atoms with Crippen LogP contribution in [0.2, 0.25) is 0 Å². The van der Waals surface area contributed by atoms with E-state index in [0.29, 0.717) is 5.56 Å². The van der Waals surface area contributed by atoms with E-state index >= 15 is 0 Å². The highest BCUT2D eigenvalue weighted by Crippen LogP contribution is 2.25. The molecule has 0 saturated carbocycles. The topological polar surface area (TPSA) is 67.2 Å². The minimum atomic E-state index is -0.285. The molecule has 0 spiro atoms. The third-order valence-corrected chi connectivity index (χ3v) is 4.37. The molecule has 0 aliphatic heterocycles. The van der Waals surface area contributed by atoms with Crippen LogP contribution in [0.4, 0.5) is 0 Å². The van der Waals surface area contributed by atoms with Crippen LogP contribution in [0.5, 0.6) is 0 Å². The van der Waals surface area contributed by atoms with Crippen LogP contribution < -0.4 is 5.43 Å². The fourth-order valence-electron chi connectivity index (χ4n) is 2.91. The summed E-state index contributed by atoms with van der Waals surface area (Å²) in [4.78, 5) is 21.6. The number of para-hydroxylation sites is 1. The van der Waals surface area contributed by atoms with Crippen LogP contribution in [0.15, 0.2) is 84.2 Å². The van der Waals surface area contributed by atoms with Crippen molar-refractivity contribution in [3.63, 3.8) is 0 Å². The third kappa shape index (κ3) is 3.78. The second-order valence-corrected chi connectivity index (χ2v) is 6.42. The number of hydrogen-bond donors (Lipinski definition) is 1. The second kappa shape index (κ2) is 7.80. The summed E-state index contributed by atoms with van der Waals surface area (Å²) in [5.74, 6) is -0.285. The lowest BCUT2D eigenvalue weighted by atomic mass is 10.0. The molecule has 0 aliphatic rings. The van der Waals surface area contributed by atoms with Crippen LogP contribution in [0, 0.1) is 6.92 Å². The van der Waals surface area contributed by atoms with Crippen molar-refractivity contribution in [2.75, 3.05) is 0 Å². The molecule has 2 aromatic carbocycles. The van der Waals surface area contributed by atoms with Gasteiger partial charge in [-0.05, 0) is 25.1 Å². The molecule has 0 fully saturated rings. The van der Waals surface area contributed by atoms with Crippen molar-refractivity contribution in [3.05, 3.63) is 95.8 Å². The molecule has 136 valence electrons. The van der Waals surface area contributed by atoms with Gasteiger partial charge in [0.2, 0.25) is 0 Å². The Morgan fingerprint density at radius 2 is 1.86 bits per heavy atom. The minimum absolute atomic E-state index is 0.285. The number of nitrogens with one attached hydrogen (secondary N) is 1. The van der Waals surface area contributed by atoms with Gasteiger partial charge in [-0.2, -0.15) is 5.10 Å². The van der Waals surface area contributed by atoms with E-state index in [2.05, 4.69) is 15.5 Å². The first-order valence-electron chi connectivity index (χ1n) is 8.91. The van der Waals surface area contributed by atoms with Gasteiger partial charge >= 0.3 is 0 Å². The summed E-state index contributed by atoms with van der Waals surface area (Å²) in [5.41, 5.74) is 7.59. The van der Waals surface area contributed by atoms with E-state index in [-0.39, 0.29) is 5.91 Å². The number of amides is 1. The lowest BCUT2D eigenvalue weighted by molar-refractivity contribution is 0.0956. The number of aromatic nitrogens is 2. The lowest BCUT2D eigenvalue weighted by Crippen LogP contribution is -2.18. The van der Waals surface area contributed by atoms with Gasteiger partial charge in [0, 0.05) is 28.9 Å². The summed E-state index contributed by atoms with van der Waals surface area (Å²) < 4.78 is 0. The molecule has 2 aromatic heterocycles. The van der Waals surface area contributed by atoms with Gasteiger partial charge in [0.05, 0.1) is 23.0 Å². The van der Waals surface area contributed by atoms with Crippen LogP contribution in [0.25, 0.3) is 22.2 Å². The molecule has 4 rings (SSSR count). The van der Waals surface area contributed by atoms with Crippen LogP contribution in [-0.4, -0.2) is 22.1 Å². The zero-order valence-corrected chi connectivity index (χ0v) is 15.3. The average molecular weight is 366 g/mol. The number of hydrazone groups is 1. The number of nitrogens with zero attached hydrogens (tertiary/aromatic N) is 3. The molecular weight excluding hydrogens is 348 g/mol. The summed E-state index contributed by atoms with van der Waals surface area (Å²) in [5, 5.41) is 4.84.